The highest BCUT2D eigenvalue weighted by Gasteiger charge is 2.27. The Morgan fingerprint density at radius 1 is 1.50 bits per heavy atom. The third-order valence-corrected chi connectivity index (χ3v) is 5.03. The van der Waals surface area contributed by atoms with E-state index in [0.29, 0.717) is 12.2 Å². The number of nitrogens with one attached hydrogen (secondary N) is 2. The van der Waals surface area contributed by atoms with Gasteiger partial charge < -0.3 is 5.32 Å². The van der Waals surface area contributed by atoms with Crippen molar-refractivity contribution in [3.63, 3.8) is 0 Å². The summed E-state index contributed by atoms with van der Waals surface area (Å²) in [7, 11) is -3.37. The third-order valence-electron chi connectivity index (χ3n) is 3.20. The number of hydrogen-bond acceptors (Lipinski definition) is 4. The average molecular weight is 269 g/mol. The Labute approximate surface area is 108 Å². The van der Waals surface area contributed by atoms with Crippen LogP contribution >= 0.6 is 0 Å². The van der Waals surface area contributed by atoms with Gasteiger partial charge in [-0.2, -0.15) is 0 Å². The van der Waals surface area contributed by atoms with Gasteiger partial charge in [0.2, 0.25) is 10.0 Å². The molecule has 5 nitrogen and oxygen atoms in total. The zero-order valence-corrected chi connectivity index (χ0v) is 11.3. The lowest BCUT2D eigenvalue weighted by atomic mass is 10.1. The van der Waals surface area contributed by atoms with Crippen LogP contribution < -0.4 is 10.0 Å². The molecule has 6 heteroatoms. The standard InChI is InChI=1S/C12H19N3O2S/c1-10(12-6-2-3-8-14-12)18(16,17)15-11-5-4-7-13-9-11/h2-3,6,8,10-11,13,15H,4-5,7,9H2,1H3/t10-,11-/m0/s1. The summed E-state index contributed by atoms with van der Waals surface area (Å²) in [5.74, 6) is 0. The summed E-state index contributed by atoms with van der Waals surface area (Å²) in [5, 5.41) is 2.57. The van der Waals surface area contributed by atoms with Crippen molar-refractivity contribution in [1.29, 1.82) is 0 Å². The molecule has 0 aliphatic carbocycles. The zero-order chi connectivity index (χ0) is 13.0. The molecule has 0 bridgehead atoms. The molecule has 0 spiro atoms. The molecule has 2 N–H and O–H groups in total. The van der Waals surface area contributed by atoms with Crippen LogP contribution in [-0.2, 0) is 10.0 Å². The van der Waals surface area contributed by atoms with Gasteiger partial charge in [-0.1, -0.05) is 6.07 Å². The molecule has 0 unspecified atom stereocenters. The van der Waals surface area contributed by atoms with Crippen molar-refractivity contribution in [3.05, 3.63) is 30.1 Å². The fourth-order valence-corrected chi connectivity index (χ4v) is 3.39. The molecule has 2 heterocycles. The van der Waals surface area contributed by atoms with Crippen LogP contribution in [0.3, 0.4) is 0 Å². The van der Waals surface area contributed by atoms with E-state index in [4.69, 9.17) is 0 Å². The molecule has 2 atom stereocenters. The summed E-state index contributed by atoms with van der Waals surface area (Å²) < 4.78 is 27.2. The zero-order valence-electron chi connectivity index (χ0n) is 10.5. The van der Waals surface area contributed by atoms with E-state index in [9.17, 15) is 8.42 Å². The molecule has 1 fully saturated rings. The summed E-state index contributed by atoms with van der Waals surface area (Å²) in [5.41, 5.74) is 0.578. The second-order valence-electron chi connectivity index (χ2n) is 4.60. The van der Waals surface area contributed by atoms with Crippen molar-refractivity contribution in [3.8, 4) is 0 Å². The monoisotopic (exact) mass is 269 g/mol. The van der Waals surface area contributed by atoms with Crippen molar-refractivity contribution in [1.82, 2.24) is 15.0 Å². The number of aromatic nitrogens is 1. The quantitative estimate of drug-likeness (QED) is 0.848. The van der Waals surface area contributed by atoms with Gasteiger partial charge in [0, 0.05) is 18.8 Å². The fourth-order valence-electron chi connectivity index (χ4n) is 2.06. The topological polar surface area (TPSA) is 71.1 Å². The Bertz CT molecular complexity index is 469. The van der Waals surface area contributed by atoms with E-state index in [2.05, 4.69) is 15.0 Å². The third kappa shape index (κ3) is 3.28. The van der Waals surface area contributed by atoms with Crippen molar-refractivity contribution in [2.75, 3.05) is 13.1 Å². The Kier molecular flexibility index (Phi) is 4.31. The number of nitrogens with zero attached hydrogens (tertiary/aromatic N) is 1. The Hall–Kier alpha value is -0.980. The first-order valence-corrected chi connectivity index (χ1v) is 7.77. The van der Waals surface area contributed by atoms with Gasteiger partial charge in [-0.3, -0.25) is 4.98 Å². The van der Waals surface area contributed by atoms with Gasteiger partial charge >= 0.3 is 0 Å². The molecule has 1 aromatic rings. The maximum Gasteiger partial charge on any atom is 0.220 e. The SMILES string of the molecule is C[C@@H](c1ccccn1)S(=O)(=O)N[C@H]1CCCNC1. The predicted octanol–water partition coefficient (Wildman–Crippen LogP) is 0.814. The molecule has 2 rings (SSSR count). The van der Waals surface area contributed by atoms with Crippen molar-refractivity contribution < 1.29 is 8.42 Å². The van der Waals surface area contributed by atoms with E-state index in [-0.39, 0.29) is 6.04 Å². The van der Waals surface area contributed by atoms with Crippen molar-refractivity contribution >= 4 is 10.0 Å². The van der Waals surface area contributed by atoms with Crippen LogP contribution in [0.4, 0.5) is 0 Å². The lowest BCUT2D eigenvalue weighted by Gasteiger charge is -2.25. The van der Waals surface area contributed by atoms with Gasteiger partial charge in [0.15, 0.2) is 0 Å². The van der Waals surface area contributed by atoms with Gasteiger partial charge in [-0.25, -0.2) is 13.1 Å². The lowest BCUT2D eigenvalue weighted by Crippen LogP contribution is -2.46. The summed E-state index contributed by atoms with van der Waals surface area (Å²) >= 11 is 0. The Balaban J connectivity index is 2.06. The highest BCUT2D eigenvalue weighted by molar-refractivity contribution is 7.89. The van der Waals surface area contributed by atoms with Gasteiger partial charge in [-0.15, -0.1) is 0 Å². The van der Waals surface area contributed by atoms with E-state index in [0.717, 1.165) is 19.4 Å². The van der Waals surface area contributed by atoms with E-state index in [1.54, 1.807) is 31.3 Å². The molecule has 0 saturated carbocycles. The van der Waals surface area contributed by atoms with E-state index >= 15 is 0 Å². The van der Waals surface area contributed by atoms with Crippen LogP contribution in [0.25, 0.3) is 0 Å². The largest absolute Gasteiger partial charge is 0.315 e. The fraction of sp³-hybridized carbons (Fsp3) is 0.583. The summed E-state index contributed by atoms with van der Waals surface area (Å²) in [6, 6.07) is 5.32. The molecule has 1 aliphatic rings. The average Bonchev–Trinajstić information content (AvgIpc) is 2.39. The van der Waals surface area contributed by atoms with Gasteiger partial charge in [0.05, 0.1) is 5.69 Å². The maximum atomic E-state index is 12.2. The van der Waals surface area contributed by atoms with Crippen LogP contribution in [-0.4, -0.2) is 32.5 Å². The highest BCUT2D eigenvalue weighted by Crippen LogP contribution is 2.19. The minimum Gasteiger partial charge on any atom is -0.315 e. The predicted molar refractivity (Wildman–Crippen MR) is 70.6 cm³/mol. The molecule has 1 saturated heterocycles. The lowest BCUT2D eigenvalue weighted by molar-refractivity contribution is 0.427. The minimum absolute atomic E-state index is 0.00471. The molecule has 1 aliphatic heterocycles. The van der Waals surface area contributed by atoms with Crippen molar-refractivity contribution in [2.45, 2.75) is 31.1 Å². The molecule has 1 aromatic heterocycles. The number of pyridine rings is 1. The van der Waals surface area contributed by atoms with E-state index < -0.39 is 15.3 Å². The van der Waals surface area contributed by atoms with E-state index in [1.807, 2.05) is 0 Å². The number of hydrogen-bond donors (Lipinski definition) is 2. The number of sulfonamides is 1. The summed E-state index contributed by atoms with van der Waals surface area (Å²) in [4.78, 5) is 4.10. The Morgan fingerprint density at radius 3 is 2.94 bits per heavy atom. The number of rotatable bonds is 4. The Morgan fingerprint density at radius 2 is 2.33 bits per heavy atom. The summed E-state index contributed by atoms with van der Waals surface area (Å²) in [6.45, 7) is 3.34. The van der Waals surface area contributed by atoms with Gasteiger partial charge in [-0.05, 0) is 38.4 Å². The van der Waals surface area contributed by atoms with Gasteiger partial charge in [0.1, 0.15) is 5.25 Å². The first kappa shape index (κ1) is 13.5. The van der Waals surface area contributed by atoms with Crippen LogP contribution in [0.15, 0.2) is 24.4 Å². The molecule has 0 radical (unpaired) electrons. The maximum absolute atomic E-state index is 12.2. The molecule has 18 heavy (non-hydrogen) atoms. The molecule has 100 valence electrons. The second-order valence-corrected chi connectivity index (χ2v) is 6.64. The van der Waals surface area contributed by atoms with Crippen molar-refractivity contribution in [2.24, 2.45) is 0 Å². The number of piperidine rings is 1. The molecule has 0 amide bonds. The first-order valence-electron chi connectivity index (χ1n) is 6.22. The molecular formula is C12H19N3O2S. The van der Waals surface area contributed by atoms with Crippen LogP contribution in [0.1, 0.15) is 30.7 Å². The van der Waals surface area contributed by atoms with Gasteiger partial charge in [0.25, 0.3) is 0 Å². The summed E-state index contributed by atoms with van der Waals surface area (Å²) in [6.07, 6.45) is 3.51. The second kappa shape index (κ2) is 5.77. The molecular weight excluding hydrogens is 250 g/mol. The van der Waals surface area contributed by atoms with Crippen LogP contribution in [0.2, 0.25) is 0 Å². The van der Waals surface area contributed by atoms with Crippen LogP contribution in [0, 0.1) is 0 Å². The van der Waals surface area contributed by atoms with E-state index in [1.165, 1.54) is 0 Å². The van der Waals surface area contributed by atoms with Crippen LogP contribution in [0.5, 0.6) is 0 Å². The smallest absolute Gasteiger partial charge is 0.220 e. The normalized spacial score (nSPS) is 22.6. The highest BCUT2D eigenvalue weighted by atomic mass is 32.2. The first-order chi connectivity index (χ1) is 8.59. The molecule has 0 aromatic carbocycles. The minimum atomic E-state index is -3.37.